The summed E-state index contributed by atoms with van der Waals surface area (Å²) in [5, 5.41) is 0. The zero-order valence-electron chi connectivity index (χ0n) is 18.6. The normalized spacial score (nSPS) is 29.7. The van der Waals surface area contributed by atoms with Crippen molar-refractivity contribution < 1.29 is 18.7 Å². The quantitative estimate of drug-likeness (QED) is 0.693. The molecule has 1 aromatic carbocycles. The van der Waals surface area contributed by atoms with Crippen LogP contribution in [0.15, 0.2) is 22.6 Å². The van der Waals surface area contributed by atoms with Crippen molar-refractivity contribution in [3.63, 3.8) is 0 Å². The zero-order chi connectivity index (χ0) is 21.4. The van der Waals surface area contributed by atoms with Crippen molar-refractivity contribution >= 4 is 23.1 Å². The molecule has 1 aliphatic carbocycles. The number of hydrogen-bond donors (Lipinski definition) is 0. The molecule has 1 aromatic heterocycles. The Morgan fingerprint density at radius 1 is 1.26 bits per heavy atom. The molecule has 2 saturated heterocycles. The van der Waals surface area contributed by atoms with Gasteiger partial charge in [-0.1, -0.05) is 6.07 Å². The summed E-state index contributed by atoms with van der Waals surface area (Å²) in [6, 6.07) is 7.22. The van der Waals surface area contributed by atoms with Crippen LogP contribution in [0, 0.1) is 18.3 Å². The molecule has 2 aliphatic heterocycles. The van der Waals surface area contributed by atoms with Crippen LogP contribution in [0.2, 0.25) is 0 Å². The lowest BCUT2D eigenvalue weighted by Gasteiger charge is -2.52. The van der Waals surface area contributed by atoms with Crippen molar-refractivity contribution in [3.05, 3.63) is 23.8 Å². The third-order valence-corrected chi connectivity index (χ3v) is 7.53. The van der Waals surface area contributed by atoms with E-state index in [9.17, 15) is 4.79 Å². The van der Waals surface area contributed by atoms with Crippen LogP contribution in [0.1, 0.15) is 38.2 Å². The minimum absolute atomic E-state index is 0.0444. The summed E-state index contributed by atoms with van der Waals surface area (Å²) >= 11 is 0. The molecule has 31 heavy (non-hydrogen) atoms. The third-order valence-electron chi connectivity index (χ3n) is 7.53. The Morgan fingerprint density at radius 3 is 2.90 bits per heavy atom. The van der Waals surface area contributed by atoms with Crippen LogP contribution >= 0.6 is 0 Å². The van der Waals surface area contributed by atoms with Gasteiger partial charge < -0.3 is 18.8 Å². The van der Waals surface area contributed by atoms with E-state index in [1.807, 2.05) is 25.1 Å². The Bertz CT molecular complexity index is 938. The lowest BCUT2D eigenvalue weighted by atomic mass is 9.61. The Labute approximate surface area is 183 Å². The molecule has 7 nitrogen and oxygen atoms in total. The number of rotatable bonds is 4. The molecule has 2 aromatic rings. The molecule has 0 N–H and O–H groups in total. The number of piperidine rings is 1. The van der Waals surface area contributed by atoms with Gasteiger partial charge in [-0.05, 0) is 63.1 Å². The summed E-state index contributed by atoms with van der Waals surface area (Å²) in [5.74, 6) is 0.285. The van der Waals surface area contributed by atoms with Gasteiger partial charge in [-0.25, -0.2) is 0 Å². The summed E-state index contributed by atoms with van der Waals surface area (Å²) in [6.45, 7) is 9.48. The predicted octanol–water partition coefficient (Wildman–Crippen LogP) is 3.40. The molecule has 5 rings (SSSR count). The minimum atomic E-state index is -0.479. The number of oxazole rings is 1. The number of aryl methyl sites for hydroxylation is 1. The molecule has 168 valence electrons. The van der Waals surface area contributed by atoms with Crippen LogP contribution in [-0.2, 0) is 14.3 Å². The Morgan fingerprint density at radius 2 is 2.10 bits per heavy atom. The van der Waals surface area contributed by atoms with E-state index in [1.54, 1.807) is 0 Å². The summed E-state index contributed by atoms with van der Waals surface area (Å²) in [6.07, 6.45) is 3.89. The molecule has 0 spiro atoms. The standard InChI is InChI=1S/C24H33N3O4/c1-3-30-22(28)24-8-6-19(26-10-12-29-13-11-26)15-18(24)7-9-27(16-24)23-25-20-14-17(2)4-5-21(20)31-23/h4-5,14,18-19H,3,6-13,15-16H2,1-2H3/t18-,19-,24-/m1/s1. The highest BCUT2D eigenvalue weighted by molar-refractivity contribution is 5.79. The number of morpholine rings is 1. The smallest absolute Gasteiger partial charge is 0.314 e. The third kappa shape index (κ3) is 3.82. The molecule has 3 heterocycles. The van der Waals surface area contributed by atoms with Gasteiger partial charge in [-0.2, -0.15) is 4.98 Å². The van der Waals surface area contributed by atoms with Gasteiger partial charge in [0.15, 0.2) is 5.58 Å². The van der Waals surface area contributed by atoms with E-state index in [4.69, 9.17) is 18.9 Å². The molecule has 0 bridgehead atoms. The lowest BCUT2D eigenvalue weighted by molar-refractivity contribution is -0.164. The molecule has 3 atom stereocenters. The second-order valence-corrected chi connectivity index (χ2v) is 9.33. The van der Waals surface area contributed by atoms with E-state index >= 15 is 0 Å². The number of esters is 1. The van der Waals surface area contributed by atoms with Crippen LogP contribution in [-0.4, -0.2) is 67.9 Å². The van der Waals surface area contributed by atoms with Gasteiger partial charge in [0.25, 0.3) is 6.01 Å². The number of carbonyl (C=O) groups is 1. The molecule has 0 amide bonds. The van der Waals surface area contributed by atoms with E-state index in [1.165, 1.54) is 0 Å². The maximum Gasteiger partial charge on any atom is 0.314 e. The number of ether oxygens (including phenoxy) is 2. The number of benzene rings is 1. The van der Waals surface area contributed by atoms with Crippen molar-refractivity contribution in [2.24, 2.45) is 11.3 Å². The second-order valence-electron chi connectivity index (χ2n) is 9.33. The van der Waals surface area contributed by atoms with Crippen molar-refractivity contribution in [3.8, 4) is 0 Å². The summed E-state index contributed by atoms with van der Waals surface area (Å²) < 4.78 is 17.3. The number of anilines is 1. The summed E-state index contributed by atoms with van der Waals surface area (Å²) in [4.78, 5) is 22.8. The number of aromatic nitrogens is 1. The highest BCUT2D eigenvalue weighted by atomic mass is 16.5. The molecule has 0 radical (unpaired) electrons. The van der Waals surface area contributed by atoms with Gasteiger partial charge >= 0.3 is 5.97 Å². The van der Waals surface area contributed by atoms with Gasteiger partial charge in [0.1, 0.15) is 5.52 Å². The number of carbonyl (C=O) groups excluding carboxylic acids is 1. The Kier molecular flexibility index (Phi) is 5.65. The molecule has 0 unspecified atom stereocenters. The van der Waals surface area contributed by atoms with Crippen LogP contribution in [0.5, 0.6) is 0 Å². The Hall–Kier alpha value is -2.12. The van der Waals surface area contributed by atoms with Gasteiger partial charge in [0.2, 0.25) is 0 Å². The predicted molar refractivity (Wildman–Crippen MR) is 118 cm³/mol. The highest BCUT2D eigenvalue weighted by Gasteiger charge is 2.54. The van der Waals surface area contributed by atoms with E-state index in [-0.39, 0.29) is 5.97 Å². The molecular formula is C24H33N3O4. The summed E-state index contributed by atoms with van der Waals surface area (Å²) in [5.41, 5.74) is 2.35. The average Bonchev–Trinajstić information content (AvgIpc) is 3.22. The van der Waals surface area contributed by atoms with Gasteiger partial charge in [0.05, 0.1) is 25.2 Å². The molecule has 1 saturated carbocycles. The van der Waals surface area contributed by atoms with Crippen molar-refractivity contribution in [1.82, 2.24) is 9.88 Å². The first-order valence-corrected chi connectivity index (χ1v) is 11.7. The first kappa shape index (κ1) is 20.8. The van der Waals surface area contributed by atoms with E-state index in [0.717, 1.165) is 75.2 Å². The van der Waals surface area contributed by atoms with Crippen LogP contribution in [0.25, 0.3) is 11.1 Å². The fourth-order valence-electron chi connectivity index (χ4n) is 5.84. The van der Waals surface area contributed by atoms with Crippen LogP contribution < -0.4 is 4.90 Å². The SMILES string of the molecule is CCOC(=O)[C@@]12CC[C@@H](N3CCOCC3)C[C@H]1CCN(c1nc3cc(C)ccc3o1)C2. The molecule has 7 heteroatoms. The van der Waals surface area contributed by atoms with Gasteiger partial charge in [-0.3, -0.25) is 9.69 Å². The first-order valence-electron chi connectivity index (χ1n) is 11.7. The minimum Gasteiger partial charge on any atom is -0.466 e. The van der Waals surface area contributed by atoms with E-state index in [2.05, 4.69) is 16.7 Å². The monoisotopic (exact) mass is 427 g/mol. The maximum atomic E-state index is 13.3. The second kappa shape index (κ2) is 8.43. The fourth-order valence-corrected chi connectivity index (χ4v) is 5.84. The maximum absolute atomic E-state index is 13.3. The van der Waals surface area contributed by atoms with Crippen molar-refractivity contribution in [2.75, 3.05) is 50.9 Å². The fraction of sp³-hybridized carbons (Fsp3) is 0.667. The first-order chi connectivity index (χ1) is 15.1. The van der Waals surface area contributed by atoms with Gasteiger partial charge in [-0.15, -0.1) is 0 Å². The van der Waals surface area contributed by atoms with Crippen LogP contribution in [0.3, 0.4) is 0 Å². The summed E-state index contributed by atoms with van der Waals surface area (Å²) in [7, 11) is 0. The zero-order valence-corrected chi connectivity index (χ0v) is 18.6. The number of fused-ring (bicyclic) bond motifs is 2. The topological polar surface area (TPSA) is 68.0 Å². The molecule has 3 fully saturated rings. The number of nitrogens with zero attached hydrogens (tertiary/aromatic N) is 3. The van der Waals surface area contributed by atoms with Crippen molar-refractivity contribution in [2.45, 2.75) is 45.6 Å². The molecule has 3 aliphatic rings. The Balaban J connectivity index is 1.39. The van der Waals surface area contributed by atoms with E-state index < -0.39 is 5.41 Å². The lowest BCUT2D eigenvalue weighted by Crippen LogP contribution is -2.59. The van der Waals surface area contributed by atoms with Crippen molar-refractivity contribution in [1.29, 1.82) is 0 Å². The molecular weight excluding hydrogens is 394 g/mol. The number of hydrogen-bond acceptors (Lipinski definition) is 7. The van der Waals surface area contributed by atoms with Gasteiger partial charge in [0, 0.05) is 32.2 Å². The highest BCUT2D eigenvalue weighted by Crippen LogP contribution is 2.49. The van der Waals surface area contributed by atoms with Crippen LogP contribution in [0.4, 0.5) is 6.01 Å². The van der Waals surface area contributed by atoms with E-state index in [0.29, 0.717) is 31.1 Å². The average molecular weight is 428 g/mol. The largest absolute Gasteiger partial charge is 0.466 e.